The molecule has 0 aromatic heterocycles. The van der Waals surface area contributed by atoms with Crippen LogP contribution in [0.25, 0.3) is 0 Å². The normalized spacial score (nSPS) is 13.3. The second-order valence-corrected chi connectivity index (χ2v) is 20.9. The monoisotopic (exact) mass is 1110 g/mol. The number of ether oxygens (including phenoxy) is 3. The van der Waals surface area contributed by atoms with Crippen molar-refractivity contribution < 1.29 is 28.6 Å². The first kappa shape index (κ1) is 75.8. The predicted molar refractivity (Wildman–Crippen MR) is 352 cm³/mol. The van der Waals surface area contributed by atoms with E-state index in [0.29, 0.717) is 19.3 Å². The van der Waals surface area contributed by atoms with Gasteiger partial charge >= 0.3 is 17.9 Å². The molecule has 0 saturated heterocycles. The summed E-state index contributed by atoms with van der Waals surface area (Å²) in [7, 11) is 0. The fraction of sp³-hybridized carbons (Fsp3) is 0.587. The number of esters is 3. The van der Waals surface area contributed by atoms with Gasteiger partial charge in [0.05, 0.1) is 0 Å². The zero-order valence-corrected chi connectivity index (χ0v) is 52.0. The molecule has 0 rings (SSSR count). The van der Waals surface area contributed by atoms with Gasteiger partial charge in [0.2, 0.25) is 0 Å². The number of carbonyl (C=O) groups excluding carboxylic acids is 3. The van der Waals surface area contributed by atoms with E-state index in [0.717, 1.165) is 193 Å². The molecule has 1 atom stereocenters. The SMILES string of the molecule is CC/C=C\C/C=C\C/C=C\C/C=C\C/C=C\C/C=C\C/C=C\C/C=C\C/C=C\C/C=C\CCCCCCC(=O)OCC(COC(=O)CCCCCCC/C=C\C/C=C\CCC)OC(=O)CCCCCCC/C=C\C/C=C\CCCCC. The van der Waals surface area contributed by atoms with Crippen molar-refractivity contribution in [1.82, 2.24) is 0 Å². The minimum absolute atomic E-state index is 0.106. The molecule has 0 aliphatic carbocycles. The smallest absolute Gasteiger partial charge is 0.306 e. The fourth-order valence-electron chi connectivity index (χ4n) is 8.30. The van der Waals surface area contributed by atoms with Gasteiger partial charge in [0.25, 0.3) is 0 Å². The number of carbonyl (C=O) groups is 3. The summed E-state index contributed by atoms with van der Waals surface area (Å²) >= 11 is 0. The first-order valence-corrected chi connectivity index (χ1v) is 32.6. The second kappa shape index (κ2) is 67.3. The van der Waals surface area contributed by atoms with Crippen LogP contribution in [-0.2, 0) is 28.6 Å². The van der Waals surface area contributed by atoms with Crippen LogP contribution in [0, 0.1) is 0 Å². The van der Waals surface area contributed by atoms with Gasteiger partial charge in [0.15, 0.2) is 6.10 Å². The number of allylic oxidation sites excluding steroid dienone is 28. The van der Waals surface area contributed by atoms with Gasteiger partial charge in [-0.05, 0) is 154 Å². The van der Waals surface area contributed by atoms with E-state index in [4.69, 9.17) is 14.2 Å². The summed E-state index contributed by atoms with van der Waals surface area (Å²) in [6.07, 6.45) is 99.3. The first-order valence-electron chi connectivity index (χ1n) is 32.6. The lowest BCUT2D eigenvalue weighted by Crippen LogP contribution is -2.30. The summed E-state index contributed by atoms with van der Waals surface area (Å²) in [6, 6.07) is 0. The average Bonchev–Trinajstić information content (AvgIpc) is 3.46. The lowest BCUT2D eigenvalue weighted by Gasteiger charge is -2.18. The molecule has 0 aliphatic heterocycles. The molecule has 0 amide bonds. The van der Waals surface area contributed by atoms with Crippen molar-refractivity contribution in [3.05, 3.63) is 170 Å². The summed E-state index contributed by atoms with van der Waals surface area (Å²) in [5.74, 6) is -0.964. The highest BCUT2D eigenvalue weighted by Gasteiger charge is 2.19. The van der Waals surface area contributed by atoms with Gasteiger partial charge in [-0.15, -0.1) is 0 Å². The summed E-state index contributed by atoms with van der Waals surface area (Å²) < 4.78 is 16.8. The minimum Gasteiger partial charge on any atom is -0.462 e. The van der Waals surface area contributed by atoms with Crippen LogP contribution in [0.2, 0.25) is 0 Å². The van der Waals surface area contributed by atoms with Gasteiger partial charge in [-0.3, -0.25) is 14.4 Å². The number of unbranched alkanes of at least 4 members (excludes halogenated alkanes) is 18. The van der Waals surface area contributed by atoms with E-state index in [1.165, 1.54) is 32.1 Å². The highest BCUT2D eigenvalue weighted by molar-refractivity contribution is 5.71. The number of hydrogen-bond donors (Lipinski definition) is 0. The van der Waals surface area contributed by atoms with E-state index in [1.54, 1.807) is 0 Å². The van der Waals surface area contributed by atoms with Crippen molar-refractivity contribution in [2.24, 2.45) is 0 Å². The van der Waals surface area contributed by atoms with Crippen LogP contribution < -0.4 is 0 Å². The Morgan fingerprint density at radius 1 is 0.259 bits per heavy atom. The molecule has 0 radical (unpaired) electrons. The third kappa shape index (κ3) is 65.5. The van der Waals surface area contributed by atoms with Crippen molar-refractivity contribution in [3.63, 3.8) is 0 Å². The van der Waals surface area contributed by atoms with Crippen LogP contribution in [0.15, 0.2) is 170 Å². The van der Waals surface area contributed by atoms with E-state index in [1.807, 2.05) is 0 Å². The number of rotatable bonds is 57. The Kier molecular flexibility index (Phi) is 62.9. The van der Waals surface area contributed by atoms with E-state index in [-0.39, 0.29) is 31.1 Å². The molecule has 0 saturated carbocycles. The van der Waals surface area contributed by atoms with E-state index in [9.17, 15) is 14.4 Å². The zero-order valence-electron chi connectivity index (χ0n) is 52.0. The lowest BCUT2D eigenvalue weighted by molar-refractivity contribution is -0.167. The standard InChI is InChI=1S/C75H118O6/c1-4-7-10-13-16-19-22-25-27-28-29-30-31-32-33-34-35-36-37-38-39-40-41-42-43-44-45-46-48-50-53-56-59-62-65-68-74(77)80-71-72(70-79-73(76)67-64-61-58-55-52-49-24-21-18-15-12-9-6-3)81-75(78)69-66-63-60-57-54-51-47-26-23-20-17-14-11-8-5-2/h7,10,12,15-17,19-21,24-27,29-30,32-33,35-36,38-39,41-42,44-45,47-48,50,72H,4-6,8-9,11,13-14,18,22-23,28,31,34,37,40,43,46,49,51-71H2,1-3H3/b10-7-,15-12-,19-16-,20-17-,24-21-,27-25-,30-29-,33-32-,36-35-,39-38-,42-41-,45-44-,47-26-,50-48-. The van der Waals surface area contributed by atoms with Gasteiger partial charge in [-0.2, -0.15) is 0 Å². The molecule has 0 aromatic rings. The predicted octanol–water partition coefficient (Wildman–Crippen LogP) is 22.7. The average molecular weight is 1120 g/mol. The third-order valence-electron chi connectivity index (χ3n) is 13.2. The summed E-state index contributed by atoms with van der Waals surface area (Å²) in [5, 5.41) is 0. The van der Waals surface area contributed by atoms with Gasteiger partial charge in [-0.25, -0.2) is 0 Å². The molecule has 6 nitrogen and oxygen atoms in total. The van der Waals surface area contributed by atoms with Crippen molar-refractivity contribution in [1.29, 1.82) is 0 Å². The van der Waals surface area contributed by atoms with Crippen LogP contribution in [0.1, 0.15) is 265 Å². The maximum absolute atomic E-state index is 12.9. The summed E-state index contributed by atoms with van der Waals surface area (Å²) in [6.45, 7) is 6.38. The molecule has 0 N–H and O–H groups in total. The quantitative estimate of drug-likeness (QED) is 0.0261. The molecule has 0 heterocycles. The molecule has 0 fully saturated rings. The fourth-order valence-corrected chi connectivity index (χ4v) is 8.30. The minimum atomic E-state index is -0.810. The molecule has 454 valence electrons. The Hall–Kier alpha value is -5.23. The first-order chi connectivity index (χ1) is 40.0. The molecule has 0 bridgehead atoms. The molecular weight excluding hydrogens is 997 g/mol. The van der Waals surface area contributed by atoms with Gasteiger partial charge in [-0.1, -0.05) is 262 Å². The Balaban J connectivity index is 4.35. The second-order valence-electron chi connectivity index (χ2n) is 20.9. The highest BCUT2D eigenvalue weighted by Crippen LogP contribution is 2.13. The van der Waals surface area contributed by atoms with Gasteiger partial charge in [0, 0.05) is 19.3 Å². The summed E-state index contributed by atoms with van der Waals surface area (Å²) in [4.78, 5) is 38.2. The Morgan fingerprint density at radius 3 is 0.802 bits per heavy atom. The zero-order chi connectivity index (χ0) is 58.5. The highest BCUT2D eigenvalue weighted by atomic mass is 16.6. The maximum Gasteiger partial charge on any atom is 0.306 e. The van der Waals surface area contributed by atoms with Crippen molar-refractivity contribution >= 4 is 17.9 Å². The Bertz CT molecular complexity index is 1860. The van der Waals surface area contributed by atoms with Crippen LogP contribution in [0.3, 0.4) is 0 Å². The van der Waals surface area contributed by atoms with Crippen molar-refractivity contribution in [2.45, 2.75) is 271 Å². The van der Waals surface area contributed by atoms with Crippen LogP contribution in [0.5, 0.6) is 0 Å². The van der Waals surface area contributed by atoms with Crippen molar-refractivity contribution in [3.8, 4) is 0 Å². The largest absolute Gasteiger partial charge is 0.462 e. The summed E-state index contributed by atoms with van der Waals surface area (Å²) in [5.41, 5.74) is 0. The van der Waals surface area contributed by atoms with Gasteiger partial charge < -0.3 is 14.2 Å². The van der Waals surface area contributed by atoms with E-state index < -0.39 is 6.10 Å². The molecule has 0 aromatic carbocycles. The van der Waals surface area contributed by atoms with E-state index >= 15 is 0 Å². The molecule has 81 heavy (non-hydrogen) atoms. The van der Waals surface area contributed by atoms with Crippen LogP contribution in [-0.4, -0.2) is 37.2 Å². The molecule has 0 spiro atoms. The topological polar surface area (TPSA) is 78.9 Å². The molecular formula is C75H118O6. The molecule has 0 aliphatic rings. The lowest BCUT2D eigenvalue weighted by atomic mass is 10.1. The van der Waals surface area contributed by atoms with Crippen LogP contribution >= 0.6 is 0 Å². The molecule has 6 heteroatoms. The number of hydrogen-bond acceptors (Lipinski definition) is 6. The Morgan fingerprint density at radius 2 is 0.506 bits per heavy atom. The Labute approximate surface area is 498 Å². The van der Waals surface area contributed by atoms with Crippen LogP contribution in [0.4, 0.5) is 0 Å². The van der Waals surface area contributed by atoms with Gasteiger partial charge in [0.1, 0.15) is 13.2 Å². The van der Waals surface area contributed by atoms with E-state index in [2.05, 4.69) is 191 Å². The third-order valence-corrected chi connectivity index (χ3v) is 13.2. The molecule has 1 unspecified atom stereocenters. The maximum atomic E-state index is 12.9. The van der Waals surface area contributed by atoms with Crippen molar-refractivity contribution in [2.75, 3.05) is 13.2 Å².